The van der Waals surface area contributed by atoms with Crippen LogP contribution in [0.2, 0.25) is 5.02 Å². The number of allylic oxidation sites excluding steroid dienone is 3. The fraction of sp³-hybridized carbons (Fsp3) is 0.462. The monoisotopic (exact) mass is 460 g/mol. The Morgan fingerprint density at radius 1 is 1.09 bits per heavy atom. The normalized spacial score (nSPS) is 18.8. The summed E-state index contributed by atoms with van der Waals surface area (Å²) in [5, 5.41) is 0.374. The van der Waals surface area contributed by atoms with Gasteiger partial charge in [-0.1, -0.05) is 43.2 Å². The summed E-state index contributed by atoms with van der Waals surface area (Å²) >= 11 is 6.16. The maximum absolute atomic E-state index is 13.0. The van der Waals surface area contributed by atoms with Crippen molar-refractivity contribution in [1.29, 1.82) is 0 Å². The van der Waals surface area contributed by atoms with Gasteiger partial charge in [-0.3, -0.25) is 4.79 Å². The second-order valence-electron chi connectivity index (χ2n) is 9.44. The Bertz CT molecular complexity index is 1010. The molecule has 0 saturated carbocycles. The van der Waals surface area contributed by atoms with E-state index in [9.17, 15) is 9.59 Å². The van der Waals surface area contributed by atoms with Crippen molar-refractivity contribution in [2.75, 3.05) is 14.2 Å². The molecular formula is C26H33ClO5. The highest BCUT2D eigenvalue weighted by Gasteiger charge is 2.42. The summed E-state index contributed by atoms with van der Waals surface area (Å²) in [6.45, 7) is 13.3. The van der Waals surface area contributed by atoms with E-state index in [2.05, 4.69) is 0 Å². The zero-order valence-electron chi connectivity index (χ0n) is 20.4. The number of esters is 1. The lowest BCUT2D eigenvalue weighted by atomic mass is 9.66. The molecule has 1 unspecified atom stereocenters. The number of halogens is 1. The molecule has 0 heterocycles. The fourth-order valence-electron chi connectivity index (χ4n) is 3.95. The maximum Gasteiger partial charge on any atom is 0.339 e. The van der Waals surface area contributed by atoms with Gasteiger partial charge in [-0.15, -0.1) is 0 Å². The first-order valence-electron chi connectivity index (χ1n) is 10.5. The summed E-state index contributed by atoms with van der Waals surface area (Å²) in [7, 11) is 3.05. The average molecular weight is 461 g/mol. The van der Waals surface area contributed by atoms with Crippen molar-refractivity contribution in [3.05, 3.63) is 63.4 Å². The Labute approximate surface area is 196 Å². The molecule has 0 radical (unpaired) electrons. The minimum Gasteiger partial charge on any atom is -0.500 e. The number of carbonyl (C=O) groups excluding carboxylic acids is 2. The van der Waals surface area contributed by atoms with Crippen LogP contribution in [-0.4, -0.2) is 31.6 Å². The molecule has 1 aromatic carbocycles. The fourth-order valence-corrected chi connectivity index (χ4v) is 4.20. The molecule has 0 saturated heterocycles. The van der Waals surface area contributed by atoms with Gasteiger partial charge in [0.2, 0.25) is 0 Å². The number of para-hydroxylation sites is 1. The molecular weight excluding hydrogens is 428 g/mol. The van der Waals surface area contributed by atoms with Gasteiger partial charge in [0.25, 0.3) is 0 Å². The summed E-state index contributed by atoms with van der Waals surface area (Å²) < 4.78 is 16.7. The molecule has 0 spiro atoms. The van der Waals surface area contributed by atoms with Crippen LogP contribution in [0, 0.1) is 11.3 Å². The molecule has 1 atom stereocenters. The molecule has 1 aromatic rings. The molecule has 6 heteroatoms. The summed E-state index contributed by atoms with van der Waals surface area (Å²) in [5.74, 6) is 0.107. The number of carbonyl (C=O) groups is 2. The molecule has 1 aliphatic carbocycles. The summed E-state index contributed by atoms with van der Waals surface area (Å²) in [4.78, 5) is 25.9. The molecule has 2 rings (SSSR count). The molecule has 0 N–H and O–H groups in total. The van der Waals surface area contributed by atoms with E-state index in [0.29, 0.717) is 33.2 Å². The van der Waals surface area contributed by atoms with Gasteiger partial charge < -0.3 is 14.2 Å². The SMILES string of the molecule is COC1=C(C)C(C(=O)OC(C)(C)C)=C(C)C(C)(C)C1C=CC(=O)c1cccc(Cl)c1OC. The van der Waals surface area contributed by atoms with Gasteiger partial charge in [0.05, 0.1) is 30.4 Å². The van der Waals surface area contributed by atoms with Crippen molar-refractivity contribution in [3.63, 3.8) is 0 Å². The molecule has 0 amide bonds. The highest BCUT2D eigenvalue weighted by Crippen LogP contribution is 2.48. The van der Waals surface area contributed by atoms with Crippen LogP contribution in [0.5, 0.6) is 5.75 Å². The first-order chi connectivity index (χ1) is 14.8. The van der Waals surface area contributed by atoms with E-state index in [1.807, 2.05) is 54.5 Å². The van der Waals surface area contributed by atoms with Crippen molar-refractivity contribution in [3.8, 4) is 5.75 Å². The number of benzene rings is 1. The van der Waals surface area contributed by atoms with Gasteiger partial charge >= 0.3 is 5.97 Å². The molecule has 1 aliphatic rings. The van der Waals surface area contributed by atoms with E-state index < -0.39 is 11.0 Å². The van der Waals surface area contributed by atoms with Crippen LogP contribution < -0.4 is 4.74 Å². The van der Waals surface area contributed by atoms with Crippen molar-refractivity contribution in [2.45, 2.75) is 54.1 Å². The van der Waals surface area contributed by atoms with Crippen LogP contribution in [0.3, 0.4) is 0 Å². The summed E-state index contributed by atoms with van der Waals surface area (Å²) in [5.41, 5.74) is 1.39. The molecule has 0 aliphatic heterocycles. The van der Waals surface area contributed by atoms with E-state index in [0.717, 1.165) is 5.57 Å². The third kappa shape index (κ3) is 5.09. The first kappa shape index (κ1) is 25.7. The number of rotatable bonds is 6. The number of ether oxygens (including phenoxy) is 3. The van der Waals surface area contributed by atoms with Gasteiger partial charge in [-0.05, 0) is 58.2 Å². The van der Waals surface area contributed by atoms with Crippen molar-refractivity contribution in [1.82, 2.24) is 0 Å². The molecule has 0 fully saturated rings. The van der Waals surface area contributed by atoms with Crippen LogP contribution in [0.1, 0.15) is 58.8 Å². The highest BCUT2D eigenvalue weighted by molar-refractivity contribution is 6.32. The second kappa shape index (κ2) is 9.53. The Morgan fingerprint density at radius 2 is 1.72 bits per heavy atom. The number of methoxy groups -OCH3 is 2. The van der Waals surface area contributed by atoms with Crippen LogP contribution >= 0.6 is 11.6 Å². The van der Waals surface area contributed by atoms with Gasteiger partial charge in [0.1, 0.15) is 17.1 Å². The van der Waals surface area contributed by atoms with Gasteiger partial charge in [-0.2, -0.15) is 0 Å². The Balaban J connectivity index is 2.49. The predicted octanol–water partition coefficient (Wildman–Crippen LogP) is 6.32. The van der Waals surface area contributed by atoms with Crippen LogP contribution in [0.15, 0.2) is 52.8 Å². The van der Waals surface area contributed by atoms with E-state index in [4.69, 9.17) is 25.8 Å². The van der Waals surface area contributed by atoms with Crippen molar-refractivity contribution >= 4 is 23.4 Å². The zero-order chi connectivity index (χ0) is 24.4. The lowest BCUT2D eigenvalue weighted by Crippen LogP contribution is -2.35. The lowest BCUT2D eigenvalue weighted by molar-refractivity contribution is -0.149. The summed E-state index contributed by atoms with van der Waals surface area (Å²) in [6.07, 6.45) is 3.33. The van der Waals surface area contributed by atoms with Crippen LogP contribution in [0.25, 0.3) is 0 Å². The average Bonchev–Trinajstić information content (AvgIpc) is 2.68. The third-order valence-electron chi connectivity index (χ3n) is 5.85. The Kier molecular flexibility index (Phi) is 7.67. The van der Waals surface area contributed by atoms with E-state index >= 15 is 0 Å². The van der Waals surface area contributed by atoms with Crippen molar-refractivity contribution in [2.24, 2.45) is 11.3 Å². The topological polar surface area (TPSA) is 61.8 Å². The molecule has 5 nitrogen and oxygen atoms in total. The summed E-state index contributed by atoms with van der Waals surface area (Å²) in [6, 6.07) is 5.06. The van der Waals surface area contributed by atoms with E-state index in [1.54, 1.807) is 25.3 Å². The molecule has 32 heavy (non-hydrogen) atoms. The lowest BCUT2D eigenvalue weighted by Gasteiger charge is -2.40. The maximum atomic E-state index is 13.0. The number of hydrogen-bond donors (Lipinski definition) is 0. The Morgan fingerprint density at radius 3 is 2.25 bits per heavy atom. The minimum atomic E-state index is -0.610. The van der Waals surface area contributed by atoms with Gasteiger partial charge in [0, 0.05) is 11.5 Å². The quantitative estimate of drug-likeness (QED) is 0.282. The van der Waals surface area contributed by atoms with Crippen LogP contribution in [-0.2, 0) is 14.3 Å². The molecule has 0 bridgehead atoms. The third-order valence-corrected chi connectivity index (χ3v) is 6.14. The van der Waals surface area contributed by atoms with E-state index in [1.165, 1.54) is 13.2 Å². The second-order valence-corrected chi connectivity index (χ2v) is 9.85. The van der Waals surface area contributed by atoms with Gasteiger partial charge in [0.15, 0.2) is 5.78 Å². The zero-order valence-corrected chi connectivity index (χ0v) is 21.1. The van der Waals surface area contributed by atoms with Crippen molar-refractivity contribution < 1.29 is 23.8 Å². The highest BCUT2D eigenvalue weighted by atomic mass is 35.5. The Hall–Kier alpha value is -2.53. The first-order valence-corrected chi connectivity index (χ1v) is 10.9. The van der Waals surface area contributed by atoms with E-state index in [-0.39, 0.29) is 17.7 Å². The smallest absolute Gasteiger partial charge is 0.339 e. The number of ketones is 1. The largest absolute Gasteiger partial charge is 0.500 e. The minimum absolute atomic E-state index is 0.229. The van der Waals surface area contributed by atoms with Crippen LogP contribution in [0.4, 0.5) is 0 Å². The molecule has 0 aromatic heterocycles. The molecule has 174 valence electrons. The van der Waals surface area contributed by atoms with Gasteiger partial charge in [-0.25, -0.2) is 4.79 Å². The standard InChI is InChI=1S/C26H33ClO5/c1-15-21(24(29)32-25(3,4)5)16(2)26(6,7)18(22(15)30-8)13-14-20(28)17-11-10-12-19(27)23(17)31-9/h10-14,18H,1-9H3. The number of hydrogen-bond acceptors (Lipinski definition) is 5. The predicted molar refractivity (Wildman–Crippen MR) is 127 cm³/mol.